The number of nitrogens with one attached hydrogen (secondary N) is 1. The van der Waals surface area contributed by atoms with Gasteiger partial charge in [0, 0.05) is 17.7 Å². The molecule has 168 valence electrons. The number of aryl methyl sites for hydroxylation is 2. The lowest BCUT2D eigenvalue weighted by Gasteiger charge is -2.27. The Hall–Kier alpha value is -3.08. The molecule has 2 N–H and O–H groups in total. The first-order chi connectivity index (χ1) is 15.1. The first kappa shape index (κ1) is 22.1. The van der Waals surface area contributed by atoms with Crippen LogP contribution in [0.5, 0.6) is 5.75 Å². The number of nitrogens with zero attached hydrogens (tertiary/aromatic N) is 2. The number of rotatable bonds is 5. The van der Waals surface area contributed by atoms with Crippen LogP contribution in [0, 0.1) is 13.8 Å². The van der Waals surface area contributed by atoms with E-state index in [2.05, 4.69) is 62.2 Å². The van der Waals surface area contributed by atoms with E-state index in [4.69, 9.17) is 0 Å². The first-order valence-electron chi connectivity index (χ1n) is 11.4. The predicted molar refractivity (Wildman–Crippen MR) is 128 cm³/mol. The third kappa shape index (κ3) is 3.70. The monoisotopic (exact) mass is 431 g/mol. The van der Waals surface area contributed by atoms with Crippen LogP contribution in [0.1, 0.15) is 84.9 Å². The minimum atomic E-state index is -0.230. The number of aromatic nitrogens is 2. The number of fused-ring (bicyclic) bond motifs is 1. The predicted octanol–water partition coefficient (Wildman–Crippen LogP) is 6.04. The molecule has 0 saturated carbocycles. The van der Waals surface area contributed by atoms with Gasteiger partial charge in [0.05, 0.1) is 6.04 Å². The number of benzene rings is 2. The highest BCUT2D eigenvalue weighted by molar-refractivity contribution is 6.00. The summed E-state index contributed by atoms with van der Waals surface area (Å²) >= 11 is 0. The van der Waals surface area contributed by atoms with E-state index in [9.17, 15) is 9.90 Å². The lowest BCUT2D eigenvalue weighted by molar-refractivity contribution is 0.0741. The molecule has 0 saturated heterocycles. The van der Waals surface area contributed by atoms with Crippen molar-refractivity contribution in [1.82, 2.24) is 15.1 Å². The summed E-state index contributed by atoms with van der Waals surface area (Å²) in [7, 11) is 0. The number of aromatic amines is 1. The summed E-state index contributed by atoms with van der Waals surface area (Å²) in [5.74, 6) is 0.187. The van der Waals surface area contributed by atoms with E-state index in [-0.39, 0.29) is 23.1 Å². The average Bonchev–Trinajstić information content (AvgIpc) is 3.27. The highest BCUT2D eigenvalue weighted by Crippen LogP contribution is 2.45. The number of unbranched alkanes of at least 4 members (excludes halogenated alkanes) is 1. The fraction of sp³-hybridized carbons (Fsp3) is 0.407. The topological polar surface area (TPSA) is 69.2 Å². The molecule has 4 rings (SSSR count). The summed E-state index contributed by atoms with van der Waals surface area (Å²) in [5, 5.41) is 18.3. The van der Waals surface area contributed by atoms with Crippen molar-refractivity contribution in [2.24, 2.45) is 0 Å². The fourth-order valence-electron chi connectivity index (χ4n) is 4.61. The Kier molecular flexibility index (Phi) is 5.61. The van der Waals surface area contributed by atoms with Gasteiger partial charge in [0.1, 0.15) is 17.1 Å². The van der Waals surface area contributed by atoms with Crippen molar-refractivity contribution in [2.45, 2.75) is 65.8 Å². The van der Waals surface area contributed by atoms with Gasteiger partial charge in [-0.1, -0.05) is 64.4 Å². The maximum atomic E-state index is 13.4. The Labute approximate surface area is 190 Å². The molecule has 1 atom stereocenters. The Bertz CT molecular complexity index is 1150. The summed E-state index contributed by atoms with van der Waals surface area (Å²) in [4.78, 5) is 15.3. The highest BCUT2D eigenvalue weighted by Gasteiger charge is 2.42. The molecule has 2 aromatic carbocycles. The number of hydrogen-bond acceptors (Lipinski definition) is 3. The van der Waals surface area contributed by atoms with Crippen LogP contribution in [0.3, 0.4) is 0 Å². The molecule has 1 aliphatic heterocycles. The van der Waals surface area contributed by atoms with Crippen LogP contribution in [0.25, 0.3) is 11.3 Å². The SMILES string of the molecule is CCCCN1C(=O)c2[nH]nc(-c3cc(C)cc(C)c3O)c2C1c1ccc(C(C)(C)C)cc1. The molecule has 1 unspecified atom stereocenters. The van der Waals surface area contributed by atoms with Crippen molar-refractivity contribution in [3.05, 3.63) is 69.9 Å². The third-order valence-corrected chi connectivity index (χ3v) is 6.41. The molecule has 0 radical (unpaired) electrons. The van der Waals surface area contributed by atoms with Crippen LogP contribution in [0.15, 0.2) is 36.4 Å². The largest absolute Gasteiger partial charge is 0.507 e. The van der Waals surface area contributed by atoms with Crippen LogP contribution in [-0.2, 0) is 5.41 Å². The number of phenolic OH excluding ortho intramolecular Hbond substituents is 1. The normalized spacial score (nSPS) is 16.0. The molecule has 2 heterocycles. The zero-order chi connectivity index (χ0) is 23.2. The van der Waals surface area contributed by atoms with Crippen LogP contribution in [0.2, 0.25) is 0 Å². The zero-order valence-electron chi connectivity index (χ0n) is 19.9. The number of carbonyl (C=O) groups is 1. The molecule has 3 aromatic rings. The lowest BCUT2D eigenvalue weighted by atomic mass is 9.85. The number of carbonyl (C=O) groups excluding carboxylic acids is 1. The molecule has 1 amide bonds. The van der Waals surface area contributed by atoms with Crippen molar-refractivity contribution in [3.63, 3.8) is 0 Å². The minimum absolute atomic E-state index is 0.0269. The second kappa shape index (κ2) is 8.12. The van der Waals surface area contributed by atoms with Gasteiger partial charge in [0.2, 0.25) is 0 Å². The molecule has 1 aromatic heterocycles. The number of phenols is 1. The Balaban J connectivity index is 1.88. The number of amides is 1. The zero-order valence-corrected chi connectivity index (χ0v) is 19.9. The van der Waals surface area contributed by atoms with Gasteiger partial charge in [-0.3, -0.25) is 9.89 Å². The molecule has 5 nitrogen and oxygen atoms in total. The Morgan fingerprint density at radius 3 is 2.44 bits per heavy atom. The van der Waals surface area contributed by atoms with Gasteiger partial charge in [-0.25, -0.2) is 0 Å². The van der Waals surface area contributed by atoms with Crippen LogP contribution >= 0.6 is 0 Å². The molecule has 1 aliphatic rings. The van der Waals surface area contributed by atoms with Gasteiger partial charge in [-0.2, -0.15) is 5.10 Å². The van der Waals surface area contributed by atoms with Gasteiger partial charge >= 0.3 is 0 Å². The fourth-order valence-corrected chi connectivity index (χ4v) is 4.61. The molecule has 0 bridgehead atoms. The van der Waals surface area contributed by atoms with Crippen LogP contribution in [0.4, 0.5) is 0 Å². The summed E-state index contributed by atoms with van der Waals surface area (Å²) in [6.45, 7) is 13.3. The van der Waals surface area contributed by atoms with E-state index in [0.717, 1.165) is 35.1 Å². The Morgan fingerprint density at radius 2 is 1.81 bits per heavy atom. The molecule has 32 heavy (non-hydrogen) atoms. The summed E-state index contributed by atoms with van der Waals surface area (Å²) in [6.07, 6.45) is 1.94. The smallest absolute Gasteiger partial charge is 0.273 e. The number of aromatic hydroxyl groups is 1. The van der Waals surface area contributed by atoms with E-state index >= 15 is 0 Å². The molecule has 0 fully saturated rings. The second-order valence-electron chi connectivity index (χ2n) is 9.97. The van der Waals surface area contributed by atoms with E-state index in [1.54, 1.807) is 0 Å². The second-order valence-corrected chi connectivity index (χ2v) is 9.97. The molecule has 0 spiro atoms. The maximum absolute atomic E-state index is 13.4. The van der Waals surface area contributed by atoms with Crippen molar-refractivity contribution in [2.75, 3.05) is 6.54 Å². The molecular weight excluding hydrogens is 398 g/mol. The molecule has 0 aliphatic carbocycles. The van der Waals surface area contributed by atoms with Crippen LogP contribution in [-0.4, -0.2) is 32.7 Å². The third-order valence-electron chi connectivity index (χ3n) is 6.41. The van der Waals surface area contributed by atoms with Crippen molar-refractivity contribution >= 4 is 5.91 Å². The van der Waals surface area contributed by atoms with Crippen molar-refractivity contribution in [1.29, 1.82) is 0 Å². The van der Waals surface area contributed by atoms with E-state index in [0.29, 0.717) is 23.5 Å². The average molecular weight is 432 g/mol. The molecular formula is C27H33N3O2. The van der Waals surface area contributed by atoms with Gasteiger partial charge in [0.15, 0.2) is 0 Å². The number of H-pyrrole nitrogens is 1. The summed E-state index contributed by atoms with van der Waals surface area (Å²) < 4.78 is 0. The van der Waals surface area contributed by atoms with Crippen molar-refractivity contribution in [3.8, 4) is 17.0 Å². The quantitative estimate of drug-likeness (QED) is 0.517. The lowest BCUT2D eigenvalue weighted by Crippen LogP contribution is -2.30. The van der Waals surface area contributed by atoms with Crippen LogP contribution < -0.4 is 0 Å². The maximum Gasteiger partial charge on any atom is 0.273 e. The summed E-state index contributed by atoms with van der Waals surface area (Å²) in [6, 6.07) is 12.2. The Morgan fingerprint density at radius 1 is 1.12 bits per heavy atom. The van der Waals surface area contributed by atoms with Gasteiger partial charge in [-0.05, 0) is 54.0 Å². The van der Waals surface area contributed by atoms with E-state index in [1.165, 1.54) is 5.56 Å². The molecule has 5 heteroatoms. The summed E-state index contributed by atoms with van der Waals surface area (Å²) in [5.41, 5.74) is 6.93. The van der Waals surface area contributed by atoms with Gasteiger partial charge < -0.3 is 10.0 Å². The minimum Gasteiger partial charge on any atom is -0.507 e. The highest BCUT2D eigenvalue weighted by atomic mass is 16.3. The first-order valence-corrected chi connectivity index (χ1v) is 11.4. The standard InChI is InChI=1S/C27H33N3O2/c1-7-8-13-30-24(18-9-11-19(12-10-18)27(4,5)6)21-22(28-29-23(21)26(30)32)20-15-16(2)14-17(3)25(20)31/h9-12,14-15,24,31H,7-8,13H2,1-6H3,(H,28,29). The van der Waals surface area contributed by atoms with Gasteiger partial charge in [0.25, 0.3) is 5.91 Å². The number of hydrogen-bond donors (Lipinski definition) is 2. The van der Waals surface area contributed by atoms with E-state index < -0.39 is 0 Å². The van der Waals surface area contributed by atoms with E-state index in [1.807, 2.05) is 30.9 Å². The van der Waals surface area contributed by atoms with Gasteiger partial charge in [-0.15, -0.1) is 0 Å². The van der Waals surface area contributed by atoms with Crippen molar-refractivity contribution < 1.29 is 9.90 Å².